The number of fused-ring (bicyclic) bond motifs is 1. The fourth-order valence-corrected chi connectivity index (χ4v) is 2.34. The molecule has 0 bridgehead atoms. The molecule has 0 amide bonds. The highest BCUT2D eigenvalue weighted by molar-refractivity contribution is 6.34. The first-order valence-electron chi connectivity index (χ1n) is 7.24. The van der Waals surface area contributed by atoms with E-state index < -0.39 is 0 Å². The van der Waals surface area contributed by atoms with Crippen LogP contribution in [0.1, 0.15) is 25.1 Å². The minimum absolute atomic E-state index is 0.0188. The molecule has 2 aromatic rings. The maximum Gasteiger partial charge on any atom is 0.152 e. The summed E-state index contributed by atoms with van der Waals surface area (Å²) in [6.07, 6.45) is 1.05. The molecule has 1 unspecified atom stereocenters. The number of hydrogen-bond donors (Lipinski definition) is 1. The van der Waals surface area contributed by atoms with Crippen LogP contribution in [0.3, 0.4) is 0 Å². The number of para-hydroxylation sites is 1. The highest BCUT2D eigenvalue weighted by atomic mass is 35.5. The third kappa shape index (κ3) is 4.45. The summed E-state index contributed by atoms with van der Waals surface area (Å²) < 4.78 is 16.5. The Morgan fingerprint density at radius 2 is 2.19 bits per heavy atom. The van der Waals surface area contributed by atoms with E-state index in [0.29, 0.717) is 24.8 Å². The molecular weight excluding hydrogens is 290 g/mol. The quantitative estimate of drug-likeness (QED) is 0.716. The van der Waals surface area contributed by atoms with Crippen molar-refractivity contribution in [3.8, 4) is 0 Å². The Labute approximate surface area is 130 Å². The molecular formula is C16H22ClNO3. The molecule has 0 radical (unpaired) electrons. The van der Waals surface area contributed by atoms with Gasteiger partial charge in [-0.1, -0.05) is 30.7 Å². The Hall–Kier alpha value is -1.07. The van der Waals surface area contributed by atoms with Crippen LogP contribution in [0.5, 0.6) is 0 Å². The third-order valence-electron chi connectivity index (χ3n) is 3.22. The number of rotatable bonds is 9. The molecule has 0 saturated carbocycles. The van der Waals surface area contributed by atoms with Crippen LogP contribution in [0.15, 0.2) is 28.7 Å². The largest absolute Gasteiger partial charge is 0.458 e. The van der Waals surface area contributed by atoms with Crippen molar-refractivity contribution in [3.63, 3.8) is 0 Å². The summed E-state index contributed by atoms with van der Waals surface area (Å²) in [5, 5.41) is 5.08. The van der Waals surface area contributed by atoms with Crippen molar-refractivity contribution < 1.29 is 13.9 Å². The molecule has 2 rings (SSSR count). The fraction of sp³-hybridized carbons (Fsp3) is 0.500. The van der Waals surface area contributed by atoms with Crippen LogP contribution >= 0.6 is 11.6 Å². The molecule has 1 aromatic heterocycles. The second kappa shape index (κ2) is 8.39. The molecule has 0 saturated heterocycles. The second-order valence-corrected chi connectivity index (χ2v) is 5.29. The first kappa shape index (κ1) is 16.3. The maximum atomic E-state index is 6.16. The van der Waals surface area contributed by atoms with Crippen molar-refractivity contribution in [2.45, 2.75) is 19.4 Å². The van der Waals surface area contributed by atoms with Crippen molar-refractivity contribution in [1.82, 2.24) is 5.32 Å². The molecule has 0 aliphatic carbocycles. The third-order valence-corrected chi connectivity index (χ3v) is 3.51. The zero-order valence-corrected chi connectivity index (χ0v) is 13.3. The lowest BCUT2D eigenvalue weighted by Crippen LogP contribution is -2.26. The van der Waals surface area contributed by atoms with Crippen molar-refractivity contribution in [2.24, 2.45) is 0 Å². The van der Waals surface area contributed by atoms with E-state index in [1.807, 2.05) is 24.3 Å². The average molecular weight is 312 g/mol. The minimum atomic E-state index is 0.0188. The predicted octanol–water partition coefficient (Wildman–Crippen LogP) is 3.79. The zero-order chi connectivity index (χ0) is 15.1. The lowest BCUT2D eigenvalue weighted by Gasteiger charge is -2.16. The van der Waals surface area contributed by atoms with Crippen molar-refractivity contribution in [3.05, 3.63) is 35.0 Å². The molecule has 0 aliphatic rings. The maximum absolute atomic E-state index is 6.16. The van der Waals surface area contributed by atoms with Gasteiger partial charge in [0.15, 0.2) is 5.58 Å². The van der Waals surface area contributed by atoms with Crippen LogP contribution in [0.25, 0.3) is 11.0 Å². The van der Waals surface area contributed by atoms with E-state index in [-0.39, 0.29) is 6.04 Å². The smallest absolute Gasteiger partial charge is 0.152 e. The summed E-state index contributed by atoms with van der Waals surface area (Å²) in [6.45, 7) is 4.74. The van der Waals surface area contributed by atoms with Gasteiger partial charge >= 0.3 is 0 Å². The molecule has 1 heterocycles. The van der Waals surface area contributed by atoms with E-state index in [9.17, 15) is 0 Å². The summed E-state index contributed by atoms with van der Waals surface area (Å²) in [5.41, 5.74) is 0.731. The molecule has 1 atom stereocenters. The number of ether oxygens (including phenoxy) is 2. The molecule has 0 spiro atoms. The molecule has 116 valence electrons. The highest BCUT2D eigenvalue weighted by Crippen LogP contribution is 2.29. The van der Waals surface area contributed by atoms with E-state index in [1.165, 1.54) is 0 Å². The Morgan fingerprint density at radius 3 is 2.90 bits per heavy atom. The summed E-state index contributed by atoms with van der Waals surface area (Å²) in [7, 11) is 1.66. The van der Waals surface area contributed by atoms with E-state index in [1.54, 1.807) is 7.11 Å². The number of furan rings is 1. The highest BCUT2D eigenvalue weighted by Gasteiger charge is 2.17. The predicted molar refractivity (Wildman–Crippen MR) is 85.0 cm³/mol. The second-order valence-electron chi connectivity index (χ2n) is 4.88. The van der Waals surface area contributed by atoms with E-state index in [0.717, 1.165) is 29.7 Å². The Bertz CT molecular complexity index is 555. The average Bonchev–Trinajstić information content (AvgIpc) is 2.92. The van der Waals surface area contributed by atoms with Gasteiger partial charge in [-0.2, -0.15) is 0 Å². The molecule has 1 N–H and O–H groups in total. The summed E-state index contributed by atoms with van der Waals surface area (Å²) in [6, 6.07) is 7.80. The van der Waals surface area contributed by atoms with Gasteiger partial charge in [0.2, 0.25) is 0 Å². The fourth-order valence-electron chi connectivity index (χ4n) is 2.12. The number of benzene rings is 1. The van der Waals surface area contributed by atoms with Gasteiger partial charge in [-0.05, 0) is 25.1 Å². The van der Waals surface area contributed by atoms with E-state index in [4.69, 9.17) is 25.5 Å². The molecule has 0 fully saturated rings. The normalized spacial score (nSPS) is 12.9. The number of hydrogen-bond acceptors (Lipinski definition) is 4. The van der Waals surface area contributed by atoms with Gasteiger partial charge in [-0.3, -0.25) is 0 Å². The molecule has 1 aromatic carbocycles. The van der Waals surface area contributed by atoms with Gasteiger partial charge in [-0.25, -0.2) is 0 Å². The van der Waals surface area contributed by atoms with Crippen molar-refractivity contribution in [1.29, 1.82) is 0 Å². The van der Waals surface area contributed by atoms with E-state index in [2.05, 4.69) is 12.2 Å². The Morgan fingerprint density at radius 1 is 1.33 bits per heavy atom. The van der Waals surface area contributed by atoms with Crippen LogP contribution < -0.4 is 5.32 Å². The number of halogens is 1. The lowest BCUT2D eigenvalue weighted by atomic mass is 10.2. The molecule has 5 heteroatoms. The van der Waals surface area contributed by atoms with Gasteiger partial charge in [0.25, 0.3) is 0 Å². The first-order valence-corrected chi connectivity index (χ1v) is 7.62. The SMILES string of the molecule is CCCNC(COCCOC)c1cc2cccc(Cl)c2o1. The van der Waals surface area contributed by atoms with Crippen LogP contribution in [0.4, 0.5) is 0 Å². The molecule has 0 aliphatic heterocycles. The summed E-state index contributed by atoms with van der Waals surface area (Å²) >= 11 is 6.16. The van der Waals surface area contributed by atoms with E-state index >= 15 is 0 Å². The Kier molecular flexibility index (Phi) is 6.51. The van der Waals surface area contributed by atoms with Gasteiger partial charge < -0.3 is 19.2 Å². The monoisotopic (exact) mass is 311 g/mol. The van der Waals surface area contributed by atoms with Crippen LogP contribution in [0, 0.1) is 0 Å². The van der Waals surface area contributed by atoms with Crippen molar-refractivity contribution >= 4 is 22.6 Å². The topological polar surface area (TPSA) is 43.6 Å². The summed E-state index contributed by atoms with van der Waals surface area (Å²) in [4.78, 5) is 0. The minimum Gasteiger partial charge on any atom is -0.458 e. The Balaban J connectivity index is 2.11. The first-order chi connectivity index (χ1) is 10.3. The zero-order valence-electron chi connectivity index (χ0n) is 12.5. The number of methoxy groups -OCH3 is 1. The van der Waals surface area contributed by atoms with Crippen LogP contribution in [-0.2, 0) is 9.47 Å². The summed E-state index contributed by atoms with van der Waals surface area (Å²) in [5.74, 6) is 0.851. The van der Waals surface area contributed by atoms with Gasteiger partial charge in [0.1, 0.15) is 5.76 Å². The van der Waals surface area contributed by atoms with Crippen molar-refractivity contribution in [2.75, 3.05) is 33.5 Å². The number of nitrogens with one attached hydrogen (secondary N) is 1. The molecule has 21 heavy (non-hydrogen) atoms. The van der Waals surface area contributed by atoms with Crippen LogP contribution in [-0.4, -0.2) is 33.5 Å². The van der Waals surface area contributed by atoms with Gasteiger partial charge in [-0.15, -0.1) is 0 Å². The van der Waals surface area contributed by atoms with Gasteiger partial charge in [0.05, 0.1) is 30.9 Å². The lowest BCUT2D eigenvalue weighted by molar-refractivity contribution is 0.0557. The molecule has 4 nitrogen and oxygen atoms in total. The standard InChI is InChI=1S/C16H22ClNO3/c1-3-7-18-14(11-20-9-8-19-2)15-10-12-5-4-6-13(17)16(12)21-15/h4-6,10,14,18H,3,7-9,11H2,1-2H3. The van der Waals surface area contributed by atoms with Crippen LogP contribution in [0.2, 0.25) is 5.02 Å². The van der Waals surface area contributed by atoms with Gasteiger partial charge in [0, 0.05) is 12.5 Å².